The summed E-state index contributed by atoms with van der Waals surface area (Å²) in [7, 11) is 0. The maximum absolute atomic E-state index is 12.2. The average molecular weight is 300 g/mol. The van der Waals surface area contributed by atoms with Gasteiger partial charge in [-0.2, -0.15) is 0 Å². The molecular formula is C16H16N2O2S. The number of hydrogen-bond acceptors (Lipinski definition) is 4. The molecule has 21 heavy (non-hydrogen) atoms. The molecule has 0 saturated carbocycles. The Morgan fingerprint density at radius 3 is 2.90 bits per heavy atom. The third kappa shape index (κ3) is 4.15. The van der Waals surface area contributed by atoms with Gasteiger partial charge in [0, 0.05) is 22.2 Å². The summed E-state index contributed by atoms with van der Waals surface area (Å²) < 4.78 is 0. The molecule has 0 aliphatic rings. The van der Waals surface area contributed by atoms with Crippen molar-refractivity contribution in [2.75, 3.05) is 6.61 Å². The van der Waals surface area contributed by atoms with Gasteiger partial charge in [0.25, 0.3) is 5.91 Å². The second-order valence-electron chi connectivity index (χ2n) is 4.54. The van der Waals surface area contributed by atoms with Gasteiger partial charge in [-0.1, -0.05) is 17.9 Å². The smallest absolute Gasteiger partial charge is 0.251 e. The van der Waals surface area contributed by atoms with Gasteiger partial charge in [-0.3, -0.25) is 4.79 Å². The largest absolute Gasteiger partial charge is 0.384 e. The van der Waals surface area contributed by atoms with Gasteiger partial charge in [-0.05, 0) is 31.5 Å². The second-order valence-corrected chi connectivity index (χ2v) is 5.86. The SMILES string of the molecule is Cc1cnc(CNC(=O)c2cc(C#CCO)ccc2C)s1. The van der Waals surface area contributed by atoms with Crippen LogP contribution in [0, 0.1) is 25.7 Å². The van der Waals surface area contributed by atoms with Crippen LogP contribution in [0.2, 0.25) is 0 Å². The monoisotopic (exact) mass is 300 g/mol. The number of aryl methyl sites for hydroxylation is 2. The van der Waals surface area contributed by atoms with Crippen molar-refractivity contribution >= 4 is 17.2 Å². The van der Waals surface area contributed by atoms with Gasteiger partial charge in [0.15, 0.2) is 0 Å². The van der Waals surface area contributed by atoms with Crippen LogP contribution in [0.4, 0.5) is 0 Å². The number of thiazole rings is 1. The van der Waals surface area contributed by atoms with Gasteiger partial charge in [-0.15, -0.1) is 11.3 Å². The van der Waals surface area contributed by atoms with E-state index in [2.05, 4.69) is 22.1 Å². The van der Waals surface area contributed by atoms with E-state index in [1.54, 1.807) is 23.6 Å². The van der Waals surface area contributed by atoms with E-state index in [-0.39, 0.29) is 12.5 Å². The minimum absolute atomic E-state index is 0.145. The molecule has 0 saturated heterocycles. The standard InChI is InChI=1S/C16H16N2O2S/c1-11-5-6-13(4-3-7-19)8-14(11)16(20)18-10-15-17-9-12(2)21-15/h5-6,8-9,19H,7,10H2,1-2H3,(H,18,20). The van der Waals surface area contributed by atoms with Crippen molar-refractivity contribution in [2.45, 2.75) is 20.4 Å². The molecule has 0 bridgehead atoms. The average Bonchev–Trinajstić information content (AvgIpc) is 2.89. The van der Waals surface area contributed by atoms with Crippen molar-refractivity contribution in [3.8, 4) is 11.8 Å². The Hall–Kier alpha value is -2.16. The van der Waals surface area contributed by atoms with E-state index in [0.29, 0.717) is 17.7 Å². The third-order valence-electron chi connectivity index (χ3n) is 2.86. The number of hydrogen-bond donors (Lipinski definition) is 2. The number of nitrogens with one attached hydrogen (secondary N) is 1. The van der Waals surface area contributed by atoms with Crippen molar-refractivity contribution in [2.24, 2.45) is 0 Å². The molecule has 5 heteroatoms. The zero-order valence-electron chi connectivity index (χ0n) is 11.9. The summed E-state index contributed by atoms with van der Waals surface area (Å²) in [6.07, 6.45) is 1.79. The molecule has 0 spiro atoms. The summed E-state index contributed by atoms with van der Waals surface area (Å²) in [5.74, 6) is 5.23. The minimum atomic E-state index is -0.196. The Kier molecular flexibility index (Phi) is 5.09. The Morgan fingerprint density at radius 2 is 2.24 bits per heavy atom. The molecule has 1 heterocycles. The lowest BCUT2D eigenvalue weighted by atomic mass is 10.0. The van der Waals surface area contributed by atoms with Crippen LogP contribution in [0.3, 0.4) is 0 Å². The van der Waals surface area contributed by atoms with E-state index in [0.717, 1.165) is 15.4 Å². The first-order valence-corrected chi connectivity index (χ1v) is 7.31. The van der Waals surface area contributed by atoms with Gasteiger partial charge in [-0.25, -0.2) is 4.98 Å². The first-order chi connectivity index (χ1) is 10.1. The number of aromatic nitrogens is 1. The fourth-order valence-corrected chi connectivity index (χ4v) is 2.55. The number of amides is 1. The summed E-state index contributed by atoms with van der Waals surface area (Å²) in [6, 6.07) is 5.42. The minimum Gasteiger partial charge on any atom is -0.384 e. The summed E-state index contributed by atoms with van der Waals surface area (Å²) >= 11 is 1.57. The summed E-state index contributed by atoms with van der Waals surface area (Å²) in [5.41, 5.74) is 2.19. The molecule has 0 fully saturated rings. The van der Waals surface area contributed by atoms with E-state index in [1.807, 2.05) is 26.0 Å². The Morgan fingerprint density at radius 1 is 1.43 bits per heavy atom. The van der Waals surface area contributed by atoms with Crippen LogP contribution in [-0.4, -0.2) is 22.6 Å². The highest BCUT2D eigenvalue weighted by Crippen LogP contribution is 2.13. The number of carbonyl (C=O) groups excluding carboxylic acids is 1. The molecule has 2 aromatic rings. The van der Waals surface area contributed by atoms with Gasteiger partial charge in [0.05, 0.1) is 6.54 Å². The Balaban J connectivity index is 2.10. The maximum atomic E-state index is 12.2. The molecular weight excluding hydrogens is 284 g/mol. The highest BCUT2D eigenvalue weighted by atomic mass is 32.1. The molecule has 0 radical (unpaired) electrons. The lowest BCUT2D eigenvalue weighted by Gasteiger charge is -2.07. The van der Waals surface area contributed by atoms with Crippen molar-refractivity contribution in [3.05, 3.63) is 51.0 Å². The van der Waals surface area contributed by atoms with Crippen LogP contribution in [0.1, 0.15) is 31.4 Å². The molecule has 1 aromatic carbocycles. The predicted octanol–water partition coefficient (Wildman–Crippen LogP) is 2.03. The van der Waals surface area contributed by atoms with Crippen LogP contribution in [0.5, 0.6) is 0 Å². The van der Waals surface area contributed by atoms with Crippen LogP contribution in [0.15, 0.2) is 24.4 Å². The fraction of sp³-hybridized carbons (Fsp3) is 0.250. The second kappa shape index (κ2) is 7.02. The van der Waals surface area contributed by atoms with Crippen molar-refractivity contribution in [1.82, 2.24) is 10.3 Å². The summed E-state index contributed by atoms with van der Waals surface area (Å²) in [5, 5.41) is 12.5. The number of aliphatic hydroxyl groups is 1. The van der Waals surface area contributed by atoms with E-state index in [4.69, 9.17) is 5.11 Å². The highest BCUT2D eigenvalue weighted by Gasteiger charge is 2.10. The topological polar surface area (TPSA) is 62.2 Å². The van der Waals surface area contributed by atoms with Crippen molar-refractivity contribution in [1.29, 1.82) is 0 Å². The van der Waals surface area contributed by atoms with Crippen LogP contribution >= 0.6 is 11.3 Å². The van der Waals surface area contributed by atoms with Crippen LogP contribution < -0.4 is 5.32 Å². The molecule has 2 rings (SSSR count). The Labute approximate surface area is 127 Å². The number of carbonyl (C=O) groups is 1. The van der Waals surface area contributed by atoms with Crippen molar-refractivity contribution < 1.29 is 9.90 Å². The van der Waals surface area contributed by atoms with E-state index >= 15 is 0 Å². The molecule has 0 aliphatic carbocycles. The van der Waals surface area contributed by atoms with Gasteiger partial charge in [0.1, 0.15) is 11.6 Å². The molecule has 108 valence electrons. The molecule has 0 unspecified atom stereocenters. The molecule has 2 N–H and O–H groups in total. The van der Waals surface area contributed by atoms with E-state index in [1.165, 1.54) is 0 Å². The third-order valence-corrected chi connectivity index (χ3v) is 3.78. The Bertz CT molecular complexity index is 711. The predicted molar refractivity (Wildman–Crippen MR) is 83.2 cm³/mol. The van der Waals surface area contributed by atoms with Gasteiger partial charge >= 0.3 is 0 Å². The molecule has 0 aliphatic heterocycles. The number of benzene rings is 1. The molecule has 1 amide bonds. The quantitative estimate of drug-likeness (QED) is 0.853. The normalized spacial score (nSPS) is 9.86. The number of rotatable bonds is 3. The fourth-order valence-electron chi connectivity index (χ4n) is 1.82. The highest BCUT2D eigenvalue weighted by molar-refractivity contribution is 7.11. The first kappa shape index (κ1) is 15.2. The maximum Gasteiger partial charge on any atom is 0.251 e. The first-order valence-electron chi connectivity index (χ1n) is 6.50. The number of aliphatic hydroxyl groups excluding tert-OH is 1. The van der Waals surface area contributed by atoms with E-state index in [9.17, 15) is 4.79 Å². The molecule has 1 aromatic heterocycles. The summed E-state index contributed by atoms with van der Waals surface area (Å²) in [6.45, 7) is 4.09. The molecule has 4 nitrogen and oxygen atoms in total. The van der Waals surface area contributed by atoms with E-state index < -0.39 is 0 Å². The van der Waals surface area contributed by atoms with Crippen LogP contribution in [0.25, 0.3) is 0 Å². The van der Waals surface area contributed by atoms with Crippen LogP contribution in [-0.2, 0) is 6.54 Å². The zero-order chi connectivity index (χ0) is 15.2. The lowest BCUT2D eigenvalue weighted by molar-refractivity contribution is 0.0950. The summed E-state index contributed by atoms with van der Waals surface area (Å²) in [4.78, 5) is 17.6. The lowest BCUT2D eigenvalue weighted by Crippen LogP contribution is -2.23. The molecule has 0 atom stereocenters. The number of nitrogens with zero attached hydrogens (tertiary/aromatic N) is 1. The van der Waals surface area contributed by atoms with Gasteiger partial charge < -0.3 is 10.4 Å². The van der Waals surface area contributed by atoms with Crippen molar-refractivity contribution in [3.63, 3.8) is 0 Å². The zero-order valence-corrected chi connectivity index (χ0v) is 12.8. The van der Waals surface area contributed by atoms with Gasteiger partial charge in [0.2, 0.25) is 0 Å².